The van der Waals surface area contributed by atoms with Gasteiger partial charge in [-0.2, -0.15) is 0 Å². The molecule has 0 aromatic rings. The van der Waals surface area contributed by atoms with Gasteiger partial charge in [0, 0.05) is 6.61 Å². The lowest BCUT2D eigenvalue weighted by atomic mass is 10.2. The van der Waals surface area contributed by atoms with Crippen LogP contribution < -0.4 is 0 Å². The van der Waals surface area contributed by atoms with Gasteiger partial charge in [-0.1, -0.05) is 33.6 Å². The molecule has 88 valence electrons. The van der Waals surface area contributed by atoms with Crippen molar-refractivity contribution in [3.63, 3.8) is 0 Å². The van der Waals surface area contributed by atoms with Gasteiger partial charge in [-0.3, -0.25) is 0 Å². The molecule has 4 heteroatoms. The van der Waals surface area contributed by atoms with E-state index in [0.717, 1.165) is 6.61 Å². The van der Waals surface area contributed by atoms with Crippen LogP contribution in [-0.4, -0.2) is 33.1 Å². The lowest BCUT2D eigenvalue weighted by Gasteiger charge is -2.36. The minimum absolute atomic E-state index is 0.110. The Bertz CT molecular complexity index is 168. The maximum Gasteiger partial charge on any atom is 0.468 e. The molecule has 0 radical (unpaired) electrons. The molecule has 0 N–H and O–H groups in total. The van der Waals surface area contributed by atoms with Crippen molar-refractivity contribution in [1.82, 2.24) is 0 Å². The van der Waals surface area contributed by atoms with Gasteiger partial charge in [0.05, 0.1) is 0 Å². The summed E-state index contributed by atoms with van der Waals surface area (Å²) in [5.41, 5.74) is 0. The molecule has 0 saturated heterocycles. The second kappa shape index (κ2) is 7.69. The highest BCUT2D eigenvalue weighted by atomic mass is 79.9. The SMILES string of the molecule is CC(C)(C)[Si](C)(C)OCCCC[CH2][Mg][Br]. The zero-order valence-electron chi connectivity index (χ0n) is 11.0. The Hall–Kier alpha value is 1.42. The van der Waals surface area contributed by atoms with Gasteiger partial charge in [-0.05, 0) is 24.6 Å². The summed E-state index contributed by atoms with van der Waals surface area (Å²) in [6.07, 6.45) is 3.97. The number of halogens is 1. The third-order valence-electron chi connectivity index (χ3n) is 3.30. The van der Waals surface area contributed by atoms with E-state index in [-0.39, 0.29) is 18.2 Å². The lowest BCUT2D eigenvalue weighted by Crippen LogP contribution is -2.40. The fraction of sp³-hybridized carbons (Fsp3) is 1.00. The molecular weight excluding hydrogens is 280 g/mol. The zero-order valence-corrected chi connectivity index (χ0v) is 15.0. The van der Waals surface area contributed by atoms with Crippen LogP contribution >= 0.6 is 12.9 Å². The van der Waals surface area contributed by atoms with Crippen molar-refractivity contribution < 1.29 is 4.43 Å². The van der Waals surface area contributed by atoms with Gasteiger partial charge in [0.1, 0.15) is 0 Å². The van der Waals surface area contributed by atoms with Crippen LogP contribution in [0.25, 0.3) is 0 Å². The fourth-order valence-electron chi connectivity index (χ4n) is 1.09. The Balaban J connectivity index is 3.58. The summed E-state index contributed by atoms with van der Waals surface area (Å²) in [7, 11) is -1.47. The smallest absolute Gasteiger partial charge is 0.417 e. The van der Waals surface area contributed by atoms with Crippen molar-refractivity contribution in [1.29, 1.82) is 0 Å². The summed E-state index contributed by atoms with van der Waals surface area (Å²) < 4.78 is 7.54. The molecule has 0 atom stereocenters. The molecule has 0 amide bonds. The van der Waals surface area contributed by atoms with Crippen molar-refractivity contribution >= 4 is 39.4 Å². The van der Waals surface area contributed by atoms with Crippen molar-refractivity contribution in [3.8, 4) is 0 Å². The van der Waals surface area contributed by atoms with Crippen molar-refractivity contribution in [2.45, 2.75) is 62.7 Å². The molecular formula is C11H25BrMgOSi. The Morgan fingerprint density at radius 3 is 2.20 bits per heavy atom. The minimum atomic E-state index is -1.47. The van der Waals surface area contributed by atoms with Crippen LogP contribution in [0.5, 0.6) is 0 Å². The molecule has 0 aliphatic rings. The number of hydrogen-bond acceptors (Lipinski definition) is 1. The van der Waals surface area contributed by atoms with Crippen LogP contribution in [-0.2, 0) is 4.43 Å². The third-order valence-corrected chi connectivity index (χ3v) is 10.3. The normalized spacial score (nSPS) is 12.7. The molecule has 0 spiro atoms. The highest BCUT2D eigenvalue weighted by molar-refractivity contribution is 9.23. The van der Waals surface area contributed by atoms with E-state index in [1.165, 1.54) is 23.8 Å². The zero-order chi connectivity index (χ0) is 11.9. The van der Waals surface area contributed by atoms with Crippen molar-refractivity contribution in [2.75, 3.05) is 6.61 Å². The number of hydrogen-bond donors (Lipinski definition) is 0. The van der Waals surface area contributed by atoms with E-state index in [4.69, 9.17) is 4.43 Å². The van der Waals surface area contributed by atoms with Gasteiger partial charge < -0.3 is 17.3 Å². The molecule has 0 rings (SSSR count). The number of unbranched alkanes of at least 4 members (excludes halogenated alkanes) is 2. The molecule has 1 nitrogen and oxygen atoms in total. The Morgan fingerprint density at radius 1 is 1.13 bits per heavy atom. The van der Waals surface area contributed by atoms with Crippen LogP contribution in [0.4, 0.5) is 0 Å². The van der Waals surface area contributed by atoms with Crippen LogP contribution in [0.15, 0.2) is 0 Å². The summed E-state index contributed by atoms with van der Waals surface area (Å²) in [4.78, 5) is 0. The standard InChI is InChI=1S/C11H25OSi.BrH.Mg/c1-7-8-9-10-12-13(5,6)11(2,3)4;;/h1,7-10H2,2-6H3;1H;/q;;+1/p-1. The fourth-order valence-corrected chi connectivity index (χ4v) is 3.91. The van der Waals surface area contributed by atoms with Gasteiger partial charge in [0.25, 0.3) is 0 Å². The molecule has 0 bridgehead atoms. The first-order chi connectivity index (χ1) is 6.81. The molecule has 0 unspecified atom stereocenters. The Labute approximate surface area is 112 Å². The average molecular weight is 306 g/mol. The molecule has 0 aliphatic heterocycles. The topological polar surface area (TPSA) is 9.23 Å². The summed E-state index contributed by atoms with van der Waals surface area (Å²) in [6.45, 7) is 12.5. The van der Waals surface area contributed by atoms with E-state index >= 15 is 0 Å². The predicted octanol–water partition coefficient (Wildman–Crippen LogP) is 4.61. The molecule has 0 aromatic heterocycles. The molecule has 15 heavy (non-hydrogen) atoms. The van der Waals surface area contributed by atoms with E-state index in [1.54, 1.807) is 0 Å². The first kappa shape index (κ1) is 16.4. The Morgan fingerprint density at radius 2 is 1.73 bits per heavy atom. The van der Waals surface area contributed by atoms with Crippen molar-refractivity contribution in [2.24, 2.45) is 0 Å². The molecule has 0 fully saturated rings. The van der Waals surface area contributed by atoms with Crippen LogP contribution in [0.3, 0.4) is 0 Å². The highest BCUT2D eigenvalue weighted by Crippen LogP contribution is 2.36. The van der Waals surface area contributed by atoms with Gasteiger partial charge in [0.15, 0.2) is 8.32 Å². The van der Waals surface area contributed by atoms with E-state index < -0.39 is 8.32 Å². The second-order valence-corrected chi connectivity index (χ2v) is 14.0. The van der Waals surface area contributed by atoms with E-state index in [1.807, 2.05) is 0 Å². The quantitative estimate of drug-likeness (QED) is 0.493. The maximum absolute atomic E-state index is 6.11. The maximum atomic E-state index is 6.11. The summed E-state index contributed by atoms with van der Waals surface area (Å²) in [6, 6.07) is 0. The highest BCUT2D eigenvalue weighted by Gasteiger charge is 2.36. The number of rotatable bonds is 7. The largest absolute Gasteiger partial charge is 0.468 e. The van der Waals surface area contributed by atoms with Crippen LogP contribution in [0, 0.1) is 0 Å². The predicted molar refractivity (Wildman–Crippen MR) is 76.5 cm³/mol. The van der Waals surface area contributed by atoms with E-state index in [2.05, 4.69) is 46.7 Å². The second-order valence-electron chi connectivity index (χ2n) is 5.71. The lowest BCUT2D eigenvalue weighted by molar-refractivity contribution is 0.278. The van der Waals surface area contributed by atoms with Crippen molar-refractivity contribution in [3.05, 3.63) is 0 Å². The van der Waals surface area contributed by atoms with Gasteiger partial charge in [-0.15, -0.1) is 4.55 Å². The van der Waals surface area contributed by atoms with Gasteiger partial charge in [-0.25, -0.2) is 0 Å². The monoisotopic (exact) mass is 304 g/mol. The molecule has 0 saturated carbocycles. The summed E-state index contributed by atoms with van der Waals surface area (Å²) >= 11 is 3.70. The van der Waals surface area contributed by atoms with E-state index in [0.29, 0.717) is 5.04 Å². The Kier molecular flexibility index (Phi) is 8.42. The third kappa shape index (κ3) is 7.37. The van der Waals surface area contributed by atoms with Crippen LogP contribution in [0.1, 0.15) is 40.0 Å². The van der Waals surface area contributed by atoms with E-state index in [9.17, 15) is 0 Å². The summed E-state index contributed by atoms with van der Waals surface area (Å²) in [5, 5.41) is 0.357. The molecule has 0 heterocycles. The van der Waals surface area contributed by atoms with Gasteiger partial charge in [0.2, 0.25) is 0 Å². The first-order valence-corrected chi connectivity index (χ1v) is 13.8. The van der Waals surface area contributed by atoms with Gasteiger partial charge >= 0.3 is 18.2 Å². The first-order valence-electron chi connectivity index (χ1n) is 6.01. The summed E-state index contributed by atoms with van der Waals surface area (Å²) in [5.74, 6) is 0. The van der Waals surface area contributed by atoms with Crippen LogP contribution in [0.2, 0.25) is 22.7 Å². The molecule has 0 aliphatic carbocycles. The molecule has 0 aromatic carbocycles. The minimum Gasteiger partial charge on any atom is -0.417 e. The average Bonchev–Trinajstić information content (AvgIpc) is 2.09.